The zero-order valence-electron chi connectivity index (χ0n) is 7.92. The number of carbonyl (C=O) groups is 1. The molecule has 1 aromatic heterocycles. The van der Waals surface area contributed by atoms with Gasteiger partial charge in [0.05, 0.1) is 0 Å². The Morgan fingerprint density at radius 2 is 2.24 bits per heavy atom. The van der Waals surface area contributed by atoms with Crippen LogP contribution in [0.3, 0.4) is 0 Å². The molecular formula is C8H3F2N3O4. The van der Waals surface area contributed by atoms with E-state index in [4.69, 9.17) is 10.4 Å². The van der Waals surface area contributed by atoms with Gasteiger partial charge in [-0.1, -0.05) is 0 Å². The standard InChI is InChI=1S/C8H3F2N3O4/c9-6(10)5-4(8(14)15)1-3(2-11)7(12-5)13(16)17/h1,6H,(H,14,15). The number of carboxylic acids is 1. The Balaban J connectivity index is 3.61. The number of rotatable bonds is 3. The van der Waals surface area contributed by atoms with E-state index in [0.717, 1.165) is 0 Å². The van der Waals surface area contributed by atoms with E-state index in [2.05, 4.69) is 4.98 Å². The molecule has 17 heavy (non-hydrogen) atoms. The van der Waals surface area contributed by atoms with Gasteiger partial charge in [-0.25, -0.2) is 13.6 Å². The van der Waals surface area contributed by atoms with Crippen molar-refractivity contribution >= 4 is 11.8 Å². The van der Waals surface area contributed by atoms with E-state index in [-0.39, 0.29) is 0 Å². The fourth-order valence-electron chi connectivity index (χ4n) is 1.08. The van der Waals surface area contributed by atoms with Crippen LogP contribution >= 0.6 is 0 Å². The summed E-state index contributed by atoms with van der Waals surface area (Å²) in [5.74, 6) is -2.83. The van der Waals surface area contributed by atoms with Crippen LogP contribution < -0.4 is 0 Å². The molecule has 0 aliphatic rings. The Labute approximate surface area is 92.1 Å². The number of carboxylic acid groups (broad SMARTS) is 1. The molecule has 0 aliphatic carbocycles. The van der Waals surface area contributed by atoms with Gasteiger partial charge >= 0.3 is 18.2 Å². The van der Waals surface area contributed by atoms with Crippen molar-refractivity contribution in [2.75, 3.05) is 0 Å². The van der Waals surface area contributed by atoms with Gasteiger partial charge in [0.1, 0.15) is 11.6 Å². The van der Waals surface area contributed by atoms with Crippen LogP contribution in [0.2, 0.25) is 0 Å². The summed E-state index contributed by atoms with van der Waals surface area (Å²) in [6, 6.07) is 1.83. The zero-order chi connectivity index (χ0) is 13.2. The summed E-state index contributed by atoms with van der Waals surface area (Å²) in [6.45, 7) is 0. The number of aromatic carboxylic acids is 1. The molecule has 0 saturated carbocycles. The summed E-state index contributed by atoms with van der Waals surface area (Å²) >= 11 is 0. The SMILES string of the molecule is N#Cc1cc(C(=O)O)c(C(F)F)nc1[N+](=O)[O-]. The van der Waals surface area contributed by atoms with Crippen LogP contribution in [0, 0.1) is 21.4 Å². The van der Waals surface area contributed by atoms with Crippen LogP contribution in [0.25, 0.3) is 0 Å². The molecule has 0 spiro atoms. The molecule has 0 fully saturated rings. The lowest BCUT2D eigenvalue weighted by molar-refractivity contribution is -0.390. The van der Waals surface area contributed by atoms with E-state index in [1.807, 2.05) is 0 Å². The van der Waals surface area contributed by atoms with Crippen molar-refractivity contribution in [1.82, 2.24) is 4.98 Å². The predicted octanol–water partition coefficient (Wildman–Crippen LogP) is 1.50. The van der Waals surface area contributed by atoms with Crippen LogP contribution in [0.4, 0.5) is 14.6 Å². The predicted molar refractivity (Wildman–Crippen MR) is 47.5 cm³/mol. The van der Waals surface area contributed by atoms with Crippen molar-refractivity contribution < 1.29 is 23.6 Å². The fourth-order valence-corrected chi connectivity index (χ4v) is 1.08. The maximum atomic E-state index is 12.4. The molecule has 9 heteroatoms. The minimum atomic E-state index is -3.28. The Bertz CT molecular complexity index is 538. The van der Waals surface area contributed by atoms with Gasteiger partial charge in [-0.3, -0.25) is 0 Å². The highest BCUT2D eigenvalue weighted by atomic mass is 19.3. The lowest BCUT2D eigenvalue weighted by atomic mass is 10.1. The molecule has 7 nitrogen and oxygen atoms in total. The number of hydrogen-bond acceptors (Lipinski definition) is 5. The minimum Gasteiger partial charge on any atom is -0.478 e. The molecule has 0 amide bonds. The number of alkyl halides is 2. The highest BCUT2D eigenvalue weighted by molar-refractivity contribution is 5.89. The summed E-state index contributed by atoms with van der Waals surface area (Å²) < 4.78 is 24.9. The zero-order valence-corrected chi connectivity index (χ0v) is 7.92. The Kier molecular flexibility index (Phi) is 3.28. The quantitative estimate of drug-likeness (QED) is 0.634. The maximum Gasteiger partial charge on any atom is 0.381 e. The third-order valence-electron chi connectivity index (χ3n) is 1.76. The van der Waals surface area contributed by atoms with E-state index in [0.29, 0.717) is 6.07 Å². The molecule has 0 radical (unpaired) electrons. The molecule has 0 aromatic carbocycles. The number of pyridine rings is 1. The van der Waals surface area contributed by atoms with Crippen molar-refractivity contribution in [3.8, 4) is 6.07 Å². The van der Waals surface area contributed by atoms with Crippen LogP contribution in [-0.2, 0) is 0 Å². The normalized spacial score (nSPS) is 10.0. The first-order valence-corrected chi connectivity index (χ1v) is 3.99. The largest absolute Gasteiger partial charge is 0.478 e. The summed E-state index contributed by atoms with van der Waals surface area (Å²) in [5, 5.41) is 27.6. The third kappa shape index (κ3) is 2.31. The topological polar surface area (TPSA) is 117 Å². The van der Waals surface area contributed by atoms with Crippen molar-refractivity contribution in [3.05, 3.63) is 33.0 Å². The Morgan fingerprint density at radius 3 is 2.59 bits per heavy atom. The summed E-state index contributed by atoms with van der Waals surface area (Å²) in [6.07, 6.45) is -3.28. The molecule has 1 heterocycles. The van der Waals surface area contributed by atoms with E-state index in [9.17, 15) is 23.7 Å². The van der Waals surface area contributed by atoms with E-state index >= 15 is 0 Å². The first kappa shape index (κ1) is 12.4. The van der Waals surface area contributed by atoms with Gasteiger partial charge in [0.25, 0.3) is 0 Å². The molecule has 1 aromatic rings. The van der Waals surface area contributed by atoms with Crippen LogP contribution in [-0.4, -0.2) is 21.0 Å². The number of nitrogens with zero attached hydrogens (tertiary/aromatic N) is 3. The number of nitro groups is 1. The molecule has 0 atom stereocenters. The average molecular weight is 243 g/mol. The number of hydrogen-bond donors (Lipinski definition) is 1. The smallest absolute Gasteiger partial charge is 0.381 e. The van der Waals surface area contributed by atoms with Crippen molar-refractivity contribution in [3.63, 3.8) is 0 Å². The van der Waals surface area contributed by atoms with Crippen LogP contribution in [0.1, 0.15) is 28.0 Å². The highest BCUT2D eigenvalue weighted by Crippen LogP contribution is 2.26. The Hall–Kier alpha value is -2.63. The van der Waals surface area contributed by atoms with Gasteiger partial charge in [-0.05, 0) is 16.0 Å². The Morgan fingerprint density at radius 1 is 1.65 bits per heavy atom. The second kappa shape index (κ2) is 4.48. The molecule has 1 rings (SSSR count). The lowest BCUT2D eigenvalue weighted by Crippen LogP contribution is -2.09. The molecule has 1 N–H and O–H groups in total. The minimum absolute atomic E-state index is 0.509. The molecule has 0 unspecified atom stereocenters. The van der Waals surface area contributed by atoms with Gasteiger partial charge < -0.3 is 15.2 Å². The summed E-state index contributed by atoms with van der Waals surface area (Å²) in [4.78, 5) is 22.8. The molecule has 0 aliphatic heterocycles. The molecule has 0 saturated heterocycles. The fraction of sp³-hybridized carbons (Fsp3) is 0.125. The van der Waals surface area contributed by atoms with Gasteiger partial charge in [0.2, 0.25) is 5.69 Å². The van der Waals surface area contributed by atoms with Gasteiger partial charge in [-0.15, -0.1) is 0 Å². The number of halogens is 2. The monoisotopic (exact) mass is 243 g/mol. The van der Waals surface area contributed by atoms with E-state index in [1.165, 1.54) is 6.07 Å². The maximum absolute atomic E-state index is 12.4. The van der Waals surface area contributed by atoms with E-state index in [1.54, 1.807) is 0 Å². The summed E-state index contributed by atoms with van der Waals surface area (Å²) in [5.41, 5.74) is -2.85. The third-order valence-corrected chi connectivity index (χ3v) is 1.76. The van der Waals surface area contributed by atoms with Crippen molar-refractivity contribution in [2.45, 2.75) is 6.43 Å². The second-order valence-electron chi connectivity index (χ2n) is 2.77. The number of aromatic nitrogens is 1. The second-order valence-corrected chi connectivity index (χ2v) is 2.77. The van der Waals surface area contributed by atoms with Gasteiger partial charge in [0, 0.05) is 0 Å². The van der Waals surface area contributed by atoms with Crippen LogP contribution in [0.15, 0.2) is 6.07 Å². The first-order chi connectivity index (χ1) is 7.88. The molecule has 0 bridgehead atoms. The summed E-state index contributed by atoms with van der Waals surface area (Å²) in [7, 11) is 0. The first-order valence-electron chi connectivity index (χ1n) is 3.99. The van der Waals surface area contributed by atoms with Crippen molar-refractivity contribution in [2.24, 2.45) is 0 Å². The van der Waals surface area contributed by atoms with Crippen molar-refractivity contribution in [1.29, 1.82) is 5.26 Å². The number of nitriles is 1. The van der Waals surface area contributed by atoms with Gasteiger partial charge in [0.15, 0.2) is 5.56 Å². The lowest BCUT2D eigenvalue weighted by Gasteiger charge is -2.01. The average Bonchev–Trinajstić information content (AvgIpc) is 2.26. The van der Waals surface area contributed by atoms with Crippen LogP contribution in [0.5, 0.6) is 0 Å². The highest BCUT2D eigenvalue weighted by Gasteiger charge is 2.30. The van der Waals surface area contributed by atoms with Gasteiger partial charge in [-0.2, -0.15) is 5.26 Å². The van der Waals surface area contributed by atoms with E-state index < -0.39 is 40.0 Å². The molecular weight excluding hydrogens is 240 g/mol. The molecule has 88 valence electrons.